The molecule has 0 heterocycles. The van der Waals surface area contributed by atoms with Crippen molar-refractivity contribution in [2.24, 2.45) is 0 Å². The van der Waals surface area contributed by atoms with Crippen LogP contribution in [0.15, 0.2) is 133 Å². The van der Waals surface area contributed by atoms with Gasteiger partial charge in [0.1, 0.15) is 30.8 Å². The van der Waals surface area contributed by atoms with E-state index in [2.05, 4.69) is 27.7 Å². The van der Waals surface area contributed by atoms with Gasteiger partial charge >= 0.3 is 12.2 Å². The van der Waals surface area contributed by atoms with Crippen LogP contribution in [0.3, 0.4) is 0 Å². The van der Waals surface area contributed by atoms with Crippen LogP contribution in [0, 0.1) is 0 Å². The molecule has 10 heteroatoms. The Hall–Kier alpha value is -5.84. The monoisotopic (exact) mass is 703 g/mol. The molecule has 0 spiro atoms. The molecule has 0 bridgehead atoms. The van der Waals surface area contributed by atoms with E-state index >= 15 is 0 Å². The number of nitrogens with one attached hydrogen (secondary N) is 2. The smallest absolute Gasteiger partial charge is 0.411 e. The van der Waals surface area contributed by atoms with Gasteiger partial charge in [0.25, 0.3) is 0 Å². The molecule has 52 heavy (non-hydrogen) atoms. The van der Waals surface area contributed by atoms with Crippen LogP contribution in [0.5, 0.6) is 11.5 Å². The molecule has 0 unspecified atom stereocenters. The average molecular weight is 704 g/mol. The van der Waals surface area contributed by atoms with Crippen molar-refractivity contribution in [1.29, 1.82) is 0 Å². The average Bonchev–Trinajstić information content (AvgIpc) is 3.18. The van der Waals surface area contributed by atoms with Crippen LogP contribution in [0.1, 0.15) is 34.6 Å². The Labute approximate surface area is 304 Å². The number of amides is 2. The maximum absolute atomic E-state index is 11.8. The van der Waals surface area contributed by atoms with Crippen LogP contribution >= 0.6 is 0 Å². The fraction of sp³-hybridized carbons (Fsp3) is 0.238. The van der Waals surface area contributed by atoms with E-state index in [1.807, 2.05) is 121 Å². The molecular weight excluding hydrogens is 658 g/mol. The number of anilines is 2. The highest BCUT2D eigenvalue weighted by Gasteiger charge is 2.20. The summed E-state index contributed by atoms with van der Waals surface area (Å²) in [6, 6.07) is 42.9. The van der Waals surface area contributed by atoms with E-state index in [4.69, 9.17) is 18.9 Å². The summed E-state index contributed by atoms with van der Waals surface area (Å²) in [5.74, 6) is 1.36. The molecule has 0 aliphatic carbocycles. The quantitative estimate of drug-likeness (QED) is 0.0890. The number of nitrogens with zero attached hydrogens (tertiary/aromatic N) is 1. The number of benzene rings is 5. The maximum Gasteiger partial charge on any atom is 0.411 e. The fourth-order valence-corrected chi connectivity index (χ4v) is 5.77. The highest BCUT2D eigenvalue weighted by atomic mass is 16.5. The minimum absolute atomic E-state index is 0.0337. The first-order valence-corrected chi connectivity index (χ1v) is 17.1. The summed E-state index contributed by atoms with van der Waals surface area (Å²) in [6.45, 7) is 2.30. The Morgan fingerprint density at radius 1 is 0.635 bits per heavy atom. The third kappa shape index (κ3) is 11.9. The number of ether oxygens (including phenoxy) is 4. The lowest BCUT2D eigenvalue weighted by atomic mass is 9.88. The summed E-state index contributed by atoms with van der Waals surface area (Å²) in [6.07, 6.45) is -1.11. The van der Waals surface area contributed by atoms with E-state index in [0.717, 1.165) is 34.4 Å². The van der Waals surface area contributed by atoms with E-state index in [0.29, 0.717) is 43.4 Å². The molecule has 0 saturated heterocycles. The number of hydrogen-bond acceptors (Lipinski definition) is 8. The molecule has 5 aromatic rings. The minimum Gasteiger partial charge on any atom is -0.491 e. The Morgan fingerprint density at radius 3 is 1.62 bits per heavy atom. The summed E-state index contributed by atoms with van der Waals surface area (Å²) in [7, 11) is 2.65. The van der Waals surface area contributed by atoms with Gasteiger partial charge in [-0.2, -0.15) is 0 Å². The van der Waals surface area contributed by atoms with Crippen molar-refractivity contribution in [3.63, 3.8) is 0 Å². The first-order valence-electron chi connectivity index (χ1n) is 17.1. The van der Waals surface area contributed by atoms with Crippen molar-refractivity contribution in [1.82, 2.24) is 4.90 Å². The van der Waals surface area contributed by atoms with Crippen LogP contribution in [-0.2, 0) is 22.6 Å². The molecule has 0 aliphatic heterocycles. The lowest BCUT2D eigenvalue weighted by molar-refractivity contribution is 0.0647. The van der Waals surface area contributed by atoms with Gasteiger partial charge in [-0.1, -0.05) is 84.9 Å². The molecule has 3 N–H and O–H groups in total. The lowest BCUT2D eigenvalue weighted by Crippen LogP contribution is -2.36. The topological polar surface area (TPSA) is 119 Å². The zero-order valence-electron chi connectivity index (χ0n) is 29.4. The molecule has 0 saturated carbocycles. The second-order valence-electron chi connectivity index (χ2n) is 12.2. The van der Waals surface area contributed by atoms with E-state index in [-0.39, 0.29) is 12.5 Å². The zero-order chi connectivity index (χ0) is 36.5. The molecule has 10 nitrogen and oxygen atoms in total. The summed E-state index contributed by atoms with van der Waals surface area (Å²) in [5, 5.41) is 16.6. The molecule has 0 radical (unpaired) electrons. The number of rotatable bonds is 17. The van der Waals surface area contributed by atoms with Gasteiger partial charge in [-0.3, -0.25) is 15.5 Å². The summed E-state index contributed by atoms with van der Waals surface area (Å²) in [5.41, 5.74) is 5.56. The standard InChI is InChI=1S/C42H45N3O7/c1-49-41(47)43-35-17-13-33(14-18-35)40(34-15-19-36(20-16-34)44-42(48)50-2)25-26-45(27-31-9-5-3-6-10-31)28-37(46)30-52-39-23-21-38(22-24-39)51-29-32-11-7-4-8-12-32/h3-24,37,40,46H,25-30H2,1-2H3,(H,43,47)(H,44,48)/t37-/m0/s1. The minimum atomic E-state index is -0.747. The van der Waals surface area contributed by atoms with E-state index in [9.17, 15) is 14.7 Å². The first kappa shape index (κ1) is 37.4. The van der Waals surface area contributed by atoms with Gasteiger partial charge in [0.2, 0.25) is 0 Å². The normalized spacial score (nSPS) is 11.5. The van der Waals surface area contributed by atoms with Gasteiger partial charge in [0.15, 0.2) is 0 Å². The van der Waals surface area contributed by atoms with Crippen molar-refractivity contribution in [2.45, 2.75) is 31.6 Å². The third-order valence-corrected chi connectivity index (χ3v) is 8.46. The van der Waals surface area contributed by atoms with Crippen LogP contribution < -0.4 is 20.1 Å². The van der Waals surface area contributed by atoms with E-state index < -0.39 is 18.3 Å². The first-order chi connectivity index (χ1) is 25.4. The second kappa shape index (κ2) is 19.5. The molecular formula is C42H45N3O7. The number of hydrogen-bond donors (Lipinski definition) is 3. The van der Waals surface area contributed by atoms with Crippen LogP contribution in [-0.4, -0.2) is 62.2 Å². The number of carbonyl (C=O) groups is 2. The van der Waals surface area contributed by atoms with Gasteiger partial charge in [-0.05, 0) is 83.8 Å². The van der Waals surface area contributed by atoms with Crippen LogP contribution in [0.4, 0.5) is 21.0 Å². The van der Waals surface area contributed by atoms with Crippen molar-refractivity contribution >= 4 is 23.6 Å². The van der Waals surface area contributed by atoms with Gasteiger partial charge < -0.3 is 24.1 Å². The Balaban J connectivity index is 1.26. The molecule has 5 aromatic carbocycles. The Morgan fingerprint density at radius 2 is 1.12 bits per heavy atom. The SMILES string of the molecule is COC(=O)Nc1ccc(C(CCN(Cc2ccccc2)C[C@H](O)COc2ccc(OCc3ccccc3)cc2)c2ccc(NC(=O)OC)cc2)cc1. The van der Waals surface area contributed by atoms with Crippen molar-refractivity contribution in [2.75, 3.05) is 44.5 Å². The fourth-order valence-electron chi connectivity index (χ4n) is 5.77. The highest BCUT2D eigenvalue weighted by molar-refractivity contribution is 5.85. The molecule has 0 fully saturated rings. The number of methoxy groups -OCH3 is 2. The van der Waals surface area contributed by atoms with Gasteiger partial charge in [0.05, 0.1) is 14.2 Å². The number of aliphatic hydroxyl groups excluding tert-OH is 1. The van der Waals surface area contributed by atoms with Gasteiger partial charge in [-0.15, -0.1) is 0 Å². The van der Waals surface area contributed by atoms with Crippen molar-refractivity contribution < 1.29 is 33.6 Å². The third-order valence-electron chi connectivity index (χ3n) is 8.46. The van der Waals surface area contributed by atoms with Gasteiger partial charge in [-0.25, -0.2) is 9.59 Å². The van der Waals surface area contributed by atoms with Crippen LogP contribution in [0.2, 0.25) is 0 Å². The molecule has 2 amide bonds. The molecule has 0 aliphatic rings. The largest absolute Gasteiger partial charge is 0.491 e. The zero-order valence-corrected chi connectivity index (χ0v) is 29.4. The second-order valence-corrected chi connectivity index (χ2v) is 12.2. The molecule has 0 aromatic heterocycles. The number of carbonyl (C=O) groups excluding carboxylic acids is 2. The Kier molecular flexibility index (Phi) is 14.0. The summed E-state index contributed by atoms with van der Waals surface area (Å²) in [4.78, 5) is 25.8. The Bertz CT molecular complexity index is 1740. The predicted molar refractivity (Wildman–Crippen MR) is 202 cm³/mol. The van der Waals surface area contributed by atoms with Crippen LogP contribution in [0.25, 0.3) is 0 Å². The maximum atomic E-state index is 11.8. The highest BCUT2D eigenvalue weighted by Crippen LogP contribution is 2.31. The molecule has 5 rings (SSSR count). The summed E-state index contributed by atoms with van der Waals surface area (Å²) < 4.78 is 21.3. The van der Waals surface area contributed by atoms with Crippen molar-refractivity contribution in [3.8, 4) is 11.5 Å². The van der Waals surface area contributed by atoms with Crippen molar-refractivity contribution in [3.05, 3.63) is 156 Å². The van der Waals surface area contributed by atoms with E-state index in [1.165, 1.54) is 14.2 Å². The van der Waals surface area contributed by atoms with E-state index in [1.54, 1.807) is 0 Å². The summed E-state index contributed by atoms with van der Waals surface area (Å²) >= 11 is 0. The predicted octanol–water partition coefficient (Wildman–Crippen LogP) is 8.09. The number of aliphatic hydroxyl groups is 1. The van der Waals surface area contributed by atoms with Gasteiger partial charge in [0, 0.05) is 30.4 Å². The molecule has 1 atom stereocenters. The lowest BCUT2D eigenvalue weighted by Gasteiger charge is -2.28. The molecule has 270 valence electrons.